The van der Waals surface area contributed by atoms with Crippen molar-refractivity contribution in [2.45, 2.75) is 32.6 Å². The summed E-state index contributed by atoms with van der Waals surface area (Å²) in [6, 6.07) is 14.9. The summed E-state index contributed by atoms with van der Waals surface area (Å²) >= 11 is 6.05. The number of nitrogens with one attached hydrogen (secondary N) is 2. The monoisotopic (exact) mass is 370 g/mol. The Morgan fingerprint density at radius 1 is 0.923 bits per heavy atom. The van der Waals surface area contributed by atoms with Crippen LogP contribution in [0.5, 0.6) is 0 Å². The third-order valence-electron chi connectivity index (χ3n) is 4.61. The van der Waals surface area contributed by atoms with Crippen molar-refractivity contribution in [1.82, 2.24) is 0 Å². The van der Waals surface area contributed by atoms with E-state index in [1.54, 1.807) is 24.3 Å². The highest BCUT2D eigenvalue weighted by Crippen LogP contribution is 2.40. The van der Waals surface area contributed by atoms with Crippen molar-refractivity contribution in [3.63, 3.8) is 0 Å². The molecular weight excluding hydrogens is 348 g/mol. The maximum atomic E-state index is 12.4. The van der Waals surface area contributed by atoms with Crippen LogP contribution in [0, 0.1) is 11.8 Å². The fraction of sp³-hybridized carbons (Fsp3) is 0.333. The number of hydrogen-bond acceptors (Lipinski definition) is 2. The second-order valence-electron chi connectivity index (χ2n) is 7.73. The van der Waals surface area contributed by atoms with Gasteiger partial charge in [-0.05, 0) is 41.7 Å². The number of anilines is 2. The Kier molecular flexibility index (Phi) is 5.05. The van der Waals surface area contributed by atoms with E-state index in [0.717, 1.165) is 5.69 Å². The van der Waals surface area contributed by atoms with Crippen molar-refractivity contribution < 1.29 is 9.59 Å². The number of para-hydroxylation sites is 1. The molecule has 2 unspecified atom stereocenters. The predicted molar refractivity (Wildman–Crippen MR) is 105 cm³/mol. The first-order valence-electron chi connectivity index (χ1n) is 8.72. The molecule has 1 aliphatic carbocycles. The Morgan fingerprint density at radius 2 is 1.50 bits per heavy atom. The summed E-state index contributed by atoms with van der Waals surface area (Å²) in [6.45, 7) is 6.44. The number of hydrogen-bond donors (Lipinski definition) is 2. The minimum atomic E-state index is -0.305. The van der Waals surface area contributed by atoms with Crippen LogP contribution in [-0.4, -0.2) is 11.8 Å². The van der Waals surface area contributed by atoms with Crippen molar-refractivity contribution in [1.29, 1.82) is 0 Å². The molecule has 0 aliphatic heterocycles. The standard InChI is InChI=1S/C21H23ClN2O2/c1-21(2,3)13-8-10-14(11-9-13)23-19(25)15-12-16(15)20(26)24-18-7-5-4-6-17(18)22/h4-11,15-16H,12H2,1-3H3,(H,23,25)(H,24,26). The van der Waals surface area contributed by atoms with Gasteiger partial charge >= 0.3 is 0 Å². The summed E-state index contributed by atoms with van der Waals surface area (Å²) in [5, 5.41) is 6.18. The average molecular weight is 371 g/mol. The van der Waals surface area contributed by atoms with E-state index in [1.165, 1.54) is 5.56 Å². The Bertz CT molecular complexity index is 825. The van der Waals surface area contributed by atoms with Crippen LogP contribution >= 0.6 is 11.6 Å². The molecule has 0 radical (unpaired) electrons. The SMILES string of the molecule is CC(C)(C)c1ccc(NC(=O)C2CC2C(=O)Nc2ccccc2Cl)cc1. The van der Waals surface area contributed by atoms with Crippen molar-refractivity contribution in [3.8, 4) is 0 Å². The highest BCUT2D eigenvalue weighted by Gasteiger charge is 2.48. The van der Waals surface area contributed by atoms with Crippen LogP contribution in [-0.2, 0) is 15.0 Å². The molecule has 0 saturated heterocycles. The van der Waals surface area contributed by atoms with Gasteiger partial charge in [0.2, 0.25) is 11.8 Å². The third-order valence-corrected chi connectivity index (χ3v) is 4.94. The summed E-state index contributed by atoms with van der Waals surface area (Å²) in [5.74, 6) is -0.881. The molecule has 2 amide bonds. The maximum absolute atomic E-state index is 12.4. The molecule has 1 saturated carbocycles. The van der Waals surface area contributed by atoms with Crippen LogP contribution < -0.4 is 10.6 Å². The van der Waals surface area contributed by atoms with Gasteiger partial charge in [0.1, 0.15) is 0 Å². The van der Waals surface area contributed by atoms with Gasteiger partial charge in [0.05, 0.1) is 22.5 Å². The highest BCUT2D eigenvalue weighted by atomic mass is 35.5. The Balaban J connectivity index is 1.56. The molecular formula is C21H23ClN2O2. The fourth-order valence-electron chi connectivity index (χ4n) is 2.85. The first-order valence-corrected chi connectivity index (χ1v) is 9.10. The van der Waals surface area contributed by atoms with Gasteiger partial charge in [-0.1, -0.05) is 56.6 Å². The zero-order valence-electron chi connectivity index (χ0n) is 15.2. The fourth-order valence-corrected chi connectivity index (χ4v) is 3.03. The lowest BCUT2D eigenvalue weighted by Gasteiger charge is -2.19. The highest BCUT2D eigenvalue weighted by molar-refractivity contribution is 6.33. The van der Waals surface area contributed by atoms with E-state index < -0.39 is 0 Å². The lowest BCUT2D eigenvalue weighted by atomic mass is 9.87. The van der Waals surface area contributed by atoms with E-state index >= 15 is 0 Å². The lowest BCUT2D eigenvalue weighted by molar-refractivity contribution is -0.122. The smallest absolute Gasteiger partial charge is 0.228 e. The molecule has 1 aliphatic rings. The van der Waals surface area contributed by atoms with Gasteiger partial charge in [0.15, 0.2) is 0 Å². The zero-order chi connectivity index (χ0) is 18.9. The second-order valence-corrected chi connectivity index (χ2v) is 8.14. The molecule has 2 atom stereocenters. The summed E-state index contributed by atoms with van der Waals surface area (Å²) in [5.41, 5.74) is 2.60. The van der Waals surface area contributed by atoms with Crippen molar-refractivity contribution in [2.75, 3.05) is 10.6 Å². The van der Waals surface area contributed by atoms with Gasteiger partial charge in [-0.25, -0.2) is 0 Å². The molecule has 4 nitrogen and oxygen atoms in total. The molecule has 2 aromatic rings. The molecule has 5 heteroatoms. The number of carbonyl (C=O) groups excluding carboxylic acids is 2. The minimum Gasteiger partial charge on any atom is -0.326 e. The molecule has 0 bridgehead atoms. The second kappa shape index (κ2) is 7.12. The van der Waals surface area contributed by atoms with E-state index in [0.29, 0.717) is 17.1 Å². The first kappa shape index (κ1) is 18.5. The van der Waals surface area contributed by atoms with Gasteiger partial charge < -0.3 is 10.6 Å². The largest absolute Gasteiger partial charge is 0.326 e. The quantitative estimate of drug-likeness (QED) is 0.808. The van der Waals surface area contributed by atoms with Crippen LogP contribution in [0.25, 0.3) is 0 Å². The molecule has 1 fully saturated rings. The molecule has 3 rings (SSSR count). The van der Waals surface area contributed by atoms with E-state index in [9.17, 15) is 9.59 Å². The van der Waals surface area contributed by atoms with Crippen LogP contribution in [0.2, 0.25) is 5.02 Å². The molecule has 0 spiro atoms. The van der Waals surface area contributed by atoms with E-state index in [1.807, 2.05) is 24.3 Å². The van der Waals surface area contributed by atoms with Gasteiger partial charge in [0.25, 0.3) is 0 Å². The van der Waals surface area contributed by atoms with E-state index in [2.05, 4.69) is 31.4 Å². The van der Waals surface area contributed by atoms with Crippen molar-refractivity contribution in [3.05, 3.63) is 59.1 Å². The Morgan fingerprint density at radius 3 is 2.08 bits per heavy atom. The number of carbonyl (C=O) groups is 2. The number of rotatable bonds is 4. The Labute approximate surface area is 158 Å². The van der Waals surface area contributed by atoms with E-state index in [4.69, 9.17) is 11.6 Å². The van der Waals surface area contributed by atoms with Crippen LogP contribution in [0.3, 0.4) is 0 Å². The van der Waals surface area contributed by atoms with Crippen molar-refractivity contribution in [2.24, 2.45) is 11.8 Å². The van der Waals surface area contributed by atoms with Crippen LogP contribution in [0.4, 0.5) is 11.4 Å². The maximum Gasteiger partial charge on any atom is 0.228 e. The number of amides is 2. The molecule has 0 heterocycles. The zero-order valence-corrected chi connectivity index (χ0v) is 15.9. The summed E-state index contributed by atoms with van der Waals surface area (Å²) in [7, 11) is 0. The predicted octanol–water partition coefficient (Wildman–Crippen LogP) is 4.85. The normalized spacial score (nSPS) is 18.9. The topological polar surface area (TPSA) is 58.2 Å². The van der Waals surface area contributed by atoms with Crippen LogP contribution in [0.1, 0.15) is 32.8 Å². The molecule has 0 aromatic heterocycles. The summed E-state index contributed by atoms with van der Waals surface area (Å²) in [4.78, 5) is 24.7. The molecule has 26 heavy (non-hydrogen) atoms. The average Bonchev–Trinajstić information content (AvgIpc) is 3.37. The minimum absolute atomic E-state index is 0.0704. The Hall–Kier alpha value is -2.33. The third kappa shape index (κ3) is 4.25. The first-order chi connectivity index (χ1) is 12.3. The summed E-state index contributed by atoms with van der Waals surface area (Å²) < 4.78 is 0. The van der Waals surface area contributed by atoms with E-state index in [-0.39, 0.29) is 29.1 Å². The van der Waals surface area contributed by atoms with Gasteiger partial charge in [-0.15, -0.1) is 0 Å². The van der Waals surface area contributed by atoms with Gasteiger partial charge in [-0.2, -0.15) is 0 Å². The number of benzene rings is 2. The molecule has 136 valence electrons. The number of halogens is 1. The lowest BCUT2D eigenvalue weighted by Crippen LogP contribution is -2.20. The van der Waals surface area contributed by atoms with Gasteiger partial charge in [0, 0.05) is 5.69 Å². The molecule has 2 N–H and O–H groups in total. The van der Waals surface area contributed by atoms with Crippen molar-refractivity contribution >= 4 is 34.8 Å². The van der Waals surface area contributed by atoms with Gasteiger partial charge in [-0.3, -0.25) is 9.59 Å². The molecule has 2 aromatic carbocycles. The van der Waals surface area contributed by atoms with Crippen LogP contribution in [0.15, 0.2) is 48.5 Å². The summed E-state index contributed by atoms with van der Waals surface area (Å²) in [6.07, 6.45) is 0.558.